The van der Waals surface area contributed by atoms with Crippen molar-refractivity contribution in [1.29, 1.82) is 0 Å². The summed E-state index contributed by atoms with van der Waals surface area (Å²) < 4.78 is 55.1. The number of rotatable bonds is 2. The smallest absolute Gasteiger partial charge is 0.403 e. The van der Waals surface area contributed by atoms with Gasteiger partial charge in [0.05, 0.1) is 16.8 Å². The number of ether oxygens (including phenoxy) is 1. The Balaban J connectivity index is 2.29. The number of aromatic nitrogens is 1. The highest BCUT2D eigenvalue weighted by atomic mass is 19.4. The number of hydrogen-bond acceptors (Lipinski definition) is 5. The van der Waals surface area contributed by atoms with E-state index in [4.69, 9.17) is 5.73 Å². The number of anilines is 1. The summed E-state index contributed by atoms with van der Waals surface area (Å²) in [7, 11) is 0. The largest absolute Gasteiger partial charge is 0.573 e. The van der Waals surface area contributed by atoms with Crippen molar-refractivity contribution in [1.82, 2.24) is 9.88 Å². The van der Waals surface area contributed by atoms with Crippen LogP contribution in [0.25, 0.3) is 5.69 Å². The molecule has 0 spiro atoms. The maximum absolute atomic E-state index is 13.3. The highest BCUT2D eigenvalue weighted by Gasteiger charge is 2.35. The standard InChI is InChI=1S/C14H7F4N3O4/c15-5-1-2-7(8(3-5)25-14(16,17)18)21-9(22)4-6-10(11(21)19)13(24)20-12(6)23/h1-4H,19H2,(H,20,23,24). The fourth-order valence-electron chi connectivity index (χ4n) is 2.41. The molecule has 2 amide bonds. The van der Waals surface area contributed by atoms with Crippen LogP contribution in [0, 0.1) is 5.82 Å². The van der Waals surface area contributed by atoms with Crippen LogP contribution < -0.4 is 21.3 Å². The van der Waals surface area contributed by atoms with Gasteiger partial charge in [0.25, 0.3) is 17.4 Å². The number of nitrogens with one attached hydrogen (secondary N) is 1. The number of alkyl halides is 3. The Labute approximate surface area is 135 Å². The molecule has 2 aromatic rings. The Kier molecular flexibility index (Phi) is 3.51. The highest BCUT2D eigenvalue weighted by Crippen LogP contribution is 2.32. The summed E-state index contributed by atoms with van der Waals surface area (Å²) >= 11 is 0. The van der Waals surface area contributed by atoms with Crippen molar-refractivity contribution in [3.05, 3.63) is 51.6 Å². The zero-order valence-electron chi connectivity index (χ0n) is 12.0. The third-order valence-electron chi connectivity index (χ3n) is 3.34. The fourth-order valence-corrected chi connectivity index (χ4v) is 2.41. The van der Waals surface area contributed by atoms with E-state index in [0.717, 1.165) is 18.2 Å². The maximum atomic E-state index is 13.3. The van der Waals surface area contributed by atoms with Crippen molar-refractivity contribution in [3.8, 4) is 11.4 Å². The van der Waals surface area contributed by atoms with E-state index in [0.29, 0.717) is 10.6 Å². The van der Waals surface area contributed by atoms with Gasteiger partial charge in [0.15, 0.2) is 5.75 Å². The molecule has 25 heavy (non-hydrogen) atoms. The first kappa shape index (κ1) is 16.5. The highest BCUT2D eigenvalue weighted by molar-refractivity contribution is 6.23. The number of benzene rings is 1. The van der Waals surface area contributed by atoms with Crippen LogP contribution in [-0.2, 0) is 0 Å². The third-order valence-corrected chi connectivity index (χ3v) is 3.34. The molecule has 7 nitrogen and oxygen atoms in total. The number of carbonyl (C=O) groups is 2. The number of carbonyl (C=O) groups excluding carboxylic acids is 2. The quantitative estimate of drug-likeness (QED) is 0.624. The number of pyridine rings is 1. The molecule has 0 bridgehead atoms. The molecule has 0 unspecified atom stereocenters. The third kappa shape index (κ3) is 2.79. The number of halogens is 4. The average Bonchev–Trinajstić information content (AvgIpc) is 2.74. The van der Waals surface area contributed by atoms with Crippen LogP contribution in [0.15, 0.2) is 29.1 Å². The summed E-state index contributed by atoms with van der Waals surface area (Å²) in [5, 5.41) is 1.91. The molecular weight excluding hydrogens is 350 g/mol. The van der Waals surface area contributed by atoms with Gasteiger partial charge in [-0.25, -0.2) is 4.39 Å². The van der Waals surface area contributed by atoms with Crippen molar-refractivity contribution in [3.63, 3.8) is 0 Å². The number of imide groups is 1. The number of nitrogens with zero attached hydrogens (tertiary/aromatic N) is 1. The van der Waals surface area contributed by atoms with Gasteiger partial charge in [0.1, 0.15) is 11.6 Å². The second-order valence-corrected chi connectivity index (χ2v) is 4.93. The van der Waals surface area contributed by atoms with E-state index in [1.54, 1.807) is 0 Å². The van der Waals surface area contributed by atoms with Gasteiger partial charge in [0, 0.05) is 12.1 Å². The van der Waals surface area contributed by atoms with Gasteiger partial charge in [0.2, 0.25) is 0 Å². The van der Waals surface area contributed by atoms with E-state index in [1.807, 2.05) is 5.32 Å². The summed E-state index contributed by atoms with van der Waals surface area (Å²) in [6.07, 6.45) is -5.16. The van der Waals surface area contributed by atoms with E-state index in [-0.39, 0.29) is 11.1 Å². The van der Waals surface area contributed by atoms with Crippen LogP contribution in [0.4, 0.5) is 23.4 Å². The molecule has 130 valence electrons. The summed E-state index contributed by atoms with van der Waals surface area (Å²) in [6.45, 7) is 0. The first-order valence-electron chi connectivity index (χ1n) is 6.55. The second kappa shape index (κ2) is 5.33. The molecule has 0 aliphatic carbocycles. The van der Waals surface area contributed by atoms with Gasteiger partial charge in [-0.2, -0.15) is 0 Å². The van der Waals surface area contributed by atoms with Crippen LogP contribution in [-0.4, -0.2) is 22.7 Å². The zero-order valence-corrected chi connectivity index (χ0v) is 12.0. The lowest BCUT2D eigenvalue weighted by Crippen LogP contribution is -2.26. The van der Waals surface area contributed by atoms with Gasteiger partial charge in [-0.1, -0.05) is 0 Å². The molecule has 0 saturated heterocycles. The number of nitrogen functional groups attached to an aromatic ring is 1. The Morgan fingerprint density at radius 3 is 2.40 bits per heavy atom. The van der Waals surface area contributed by atoms with E-state index in [9.17, 15) is 31.9 Å². The number of fused-ring (bicyclic) bond motifs is 1. The first-order valence-corrected chi connectivity index (χ1v) is 6.55. The summed E-state index contributed by atoms with van der Waals surface area (Å²) in [4.78, 5) is 35.5. The molecule has 0 fully saturated rings. The van der Waals surface area contributed by atoms with Crippen LogP contribution in [0.3, 0.4) is 0 Å². The minimum atomic E-state index is -5.16. The molecule has 3 N–H and O–H groups in total. The van der Waals surface area contributed by atoms with E-state index in [1.165, 1.54) is 0 Å². The topological polar surface area (TPSA) is 103 Å². The predicted octanol–water partition coefficient (Wildman–Crippen LogP) is 1.34. The average molecular weight is 357 g/mol. The normalized spacial score (nSPS) is 13.6. The number of hydrogen-bond donors (Lipinski definition) is 2. The molecule has 3 rings (SSSR count). The van der Waals surface area contributed by atoms with Crippen LogP contribution in [0.5, 0.6) is 5.75 Å². The van der Waals surface area contributed by atoms with Gasteiger partial charge >= 0.3 is 6.36 Å². The van der Waals surface area contributed by atoms with Gasteiger partial charge in [-0.3, -0.25) is 24.3 Å². The maximum Gasteiger partial charge on any atom is 0.573 e. The van der Waals surface area contributed by atoms with Crippen molar-refractivity contribution in [2.24, 2.45) is 0 Å². The van der Waals surface area contributed by atoms with Crippen LogP contribution in [0.2, 0.25) is 0 Å². The van der Waals surface area contributed by atoms with Crippen molar-refractivity contribution in [2.75, 3.05) is 5.73 Å². The summed E-state index contributed by atoms with van der Waals surface area (Å²) in [6, 6.07) is 2.76. The number of nitrogens with two attached hydrogens (primary N) is 1. The molecule has 11 heteroatoms. The lowest BCUT2D eigenvalue weighted by atomic mass is 10.1. The molecule has 2 heterocycles. The molecule has 0 saturated carbocycles. The molecule has 1 aromatic heterocycles. The van der Waals surface area contributed by atoms with Gasteiger partial charge in [-0.15, -0.1) is 13.2 Å². The first-order chi connectivity index (χ1) is 11.6. The monoisotopic (exact) mass is 357 g/mol. The molecule has 1 aliphatic rings. The molecule has 0 radical (unpaired) electrons. The lowest BCUT2D eigenvalue weighted by molar-refractivity contribution is -0.274. The Morgan fingerprint density at radius 2 is 1.76 bits per heavy atom. The molecule has 0 atom stereocenters. The van der Waals surface area contributed by atoms with E-state index >= 15 is 0 Å². The van der Waals surface area contributed by atoms with Gasteiger partial charge in [-0.05, 0) is 12.1 Å². The van der Waals surface area contributed by atoms with Crippen LogP contribution in [0.1, 0.15) is 20.7 Å². The predicted molar refractivity (Wildman–Crippen MR) is 74.9 cm³/mol. The van der Waals surface area contributed by atoms with Crippen LogP contribution >= 0.6 is 0 Å². The summed E-state index contributed by atoms with van der Waals surface area (Å²) in [5.41, 5.74) is 3.49. The minimum Gasteiger partial charge on any atom is -0.403 e. The Bertz CT molecular complexity index is 981. The second-order valence-electron chi connectivity index (χ2n) is 4.93. The number of amides is 2. The fraction of sp³-hybridized carbons (Fsp3) is 0.0714. The Morgan fingerprint density at radius 1 is 1.08 bits per heavy atom. The Hall–Kier alpha value is -3.37. The molecular formula is C14H7F4N3O4. The summed E-state index contributed by atoms with van der Waals surface area (Å²) in [5.74, 6) is -4.44. The van der Waals surface area contributed by atoms with E-state index in [2.05, 4.69) is 4.74 Å². The van der Waals surface area contributed by atoms with Crippen molar-refractivity contribution in [2.45, 2.75) is 6.36 Å². The minimum absolute atomic E-state index is 0.302. The lowest BCUT2D eigenvalue weighted by Gasteiger charge is -2.17. The van der Waals surface area contributed by atoms with Gasteiger partial charge < -0.3 is 10.5 Å². The molecule has 1 aliphatic heterocycles. The van der Waals surface area contributed by atoms with Crippen molar-refractivity contribution < 1.29 is 31.9 Å². The zero-order chi connectivity index (χ0) is 18.5. The SMILES string of the molecule is Nc1c2c(cc(=O)n1-c1ccc(F)cc1OC(F)(F)F)C(=O)NC2=O. The molecule has 1 aromatic carbocycles. The van der Waals surface area contributed by atoms with E-state index < -0.39 is 46.8 Å². The van der Waals surface area contributed by atoms with Crippen molar-refractivity contribution >= 4 is 17.6 Å².